The van der Waals surface area contributed by atoms with Crippen LogP contribution in [0.1, 0.15) is 30.1 Å². The van der Waals surface area contributed by atoms with Gasteiger partial charge in [-0.3, -0.25) is 4.79 Å². The van der Waals surface area contributed by atoms with Crippen molar-refractivity contribution in [1.82, 2.24) is 19.7 Å². The Labute approximate surface area is 167 Å². The number of hydrogen-bond donors (Lipinski definition) is 1. The molecule has 144 valence electrons. The van der Waals surface area contributed by atoms with Gasteiger partial charge in [-0.1, -0.05) is 41.9 Å². The summed E-state index contributed by atoms with van der Waals surface area (Å²) < 4.78 is 1.63. The van der Waals surface area contributed by atoms with Gasteiger partial charge in [-0.15, -0.1) is 0 Å². The molecule has 0 unspecified atom stereocenters. The Morgan fingerprint density at radius 1 is 1.07 bits per heavy atom. The number of piperidine rings is 1. The van der Waals surface area contributed by atoms with Gasteiger partial charge < -0.3 is 4.90 Å². The number of carbonyl (C=O) groups is 1. The van der Waals surface area contributed by atoms with E-state index in [1.807, 2.05) is 47.4 Å². The maximum Gasteiger partial charge on any atom is 0.347 e. The maximum atomic E-state index is 12.6. The zero-order chi connectivity index (χ0) is 19.5. The Balaban J connectivity index is 1.43. The Morgan fingerprint density at radius 3 is 2.43 bits per heavy atom. The molecule has 0 aliphatic carbocycles. The predicted octanol–water partition coefficient (Wildman–Crippen LogP) is 3.16. The number of aromatic amines is 1. The van der Waals surface area contributed by atoms with Crippen LogP contribution in [-0.2, 0) is 11.2 Å². The number of hydrogen-bond acceptors (Lipinski definition) is 3. The molecule has 3 aromatic rings. The molecule has 2 heterocycles. The first kappa shape index (κ1) is 18.5. The van der Waals surface area contributed by atoms with Crippen LogP contribution in [0.5, 0.6) is 0 Å². The molecule has 28 heavy (non-hydrogen) atoms. The fraction of sp³-hybridized carbons (Fsp3) is 0.286. The summed E-state index contributed by atoms with van der Waals surface area (Å²) in [5.74, 6) is 0.989. The van der Waals surface area contributed by atoms with Crippen molar-refractivity contribution in [2.75, 3.05) is 13.1 Å². The normalized spacial score (nSPS) is 15.0. The van der Waals surface area contributed by atoms with Crippen LogP contribution >= 0.6 is 11.6 Å². The lowest BCUT2D eigenvalue weighted by Gasteiger charge is -2.31. The van der Waals surface area contributed by atoms with E-state index in [2.05, 4.69) is 10.2 Å². The average molecular weight is 397 g/mol. The molecule has 1 N–H and O–H groups in total. The molecule has 2 aromatic carbocycles. The molecule has 0 saturated carbocycles. The number of H-pyrrole nitrogens is 1. The van der Waals surface area contributed by atoms with Crippen LogP contribution < -0.4 is 5.69 Å². The van der Waals surface area contributed by atoms with Gasteiger partial charge in [0, 0.05) is 24.0 Å². The number of para-hydroxylation sites is 1. The Kier molecular flexibility index (Phi) is 5.30. The molecule has 0 radical (unpaired) electrons. The van der Waals surface area contributed by atoms with Gasteiger partial charge in [0.25, 0.3) is 0 Å². The minimum absolute atomic E-state index is 0.114. The molecular formula is C21H21ClN4O2. The second-order valence-corrected chi connectivity index (χ2v) is 7.45. The van der Waals surface area contributed by atoms with Crippen molar-refractivity contribution in [3.8, 4) is 5.69 Å². The highest BCUT2D eigenvalue weighted by atomic mass is 35.5. The van der Waals surface area contributed by atoms with Crippen LogP contribution in [0.2, 0.25) is 5.02 Å². The molecular weight excluding hydrogens is 376 g/mol. The summed E-state index contributed by atoms with van der Waals surface area (Å²) in [7, 11) is 0. The van der Waals surface area contributed by atoms with Gasteiger partial charge >= 0.3 is 5.69 Å². The summed E-state index contributed by atoms with van der Waals surface area (Å²) in [6.07, 6.45) is 1.94. The fourth-order valence-electron chi connectivity index (χ4n) is 3.69. The quantitative estimate of drug-likeness (QED) is 0.736. The number of benzene rings is 2. The monoisotopic (exact) mass is 396 g/mol. The summed E-state index contributed by atoms with van der Waals surface area (Å²) in [6, 6.07) is 16.9. The Morgan fingerprint density at radius 2 is 1.75 bits per heavy atom. The first-order valence-electron chi connectivity index (χ1n) is 9.37. The number of nitrogens with one attached hydrogen (secondary N) is 1. The standard InChI is InChI=1S/C21H21ClN4O2/c22-17-8-6-15(7-9-17)14-19(27)25-12-10-16(11-13-25)20-23-24-21(28)26(20)18-4-2-1-3-5-18/h1-9,16H,10-14H2,(H,24,28). The van der Waals surface area contributed by atoms with Crippen molar-refractivity contribution < 1.29 is 4.79 Å². The second-order valence-electron chi connectivity index (χ2n) is 7.02. The van der Waals surface area contributed by atoms with E-state index in [1.165, 1.54) is 0 Å². The van der Waals surface area contributed by atoms with Gasteiger partial charge in [0.1, 0.15) is 5.82 Å². The van der Waals surface area contributed by atoms with Gasteiger partial charge in [-0.05, 0) is 42.7 Å². The highest BCUT2D eigenvalue weighted by molar-refractivity contribution is 6.30. The number of amides is 1. The fourth-order valence-corrected chi connectivity index (χ4v) is 3.81. The lowest BCUT2D eigenvalue weighted by Crippen LogP contribution is -2.39. The minimum Gasteiger partial charge on any atom is -0.342 e. The van der Waals surface area contributed by atoms with Gasteiger partial charge in [0.2, 0.25) is 5.91 Å². The van der Waals surface area contributed by atoms with E-state index in [0.29, 0.717) is 24.5 Å². The van der Waals surface area contributed by atoms with Crippen molar-refractivity contribution in [2.45, 2.75) is 25.2 Å². The lowest BCUT2D eigenvalue weighted by molar-refractivity contribution is -0.131. The molecule has 7 heteroatoms. The van der Waals surface area contributed by atoms with Crippen LogP contribution in [0.3, 0.4) is 0 Å². The van der Waals surface area contributed by atoms with Crippen LogP contribution in [0.25, 0.3) is 5.69 Å². The SMILES string of the molecule is O=C(Cc1ccc(Cl)cc1)N1CCC(c2n[nH]c(=O)n2-c2ccccc2)CC1. The first-order chi connectivity index (χ1) is 13.6. The number of rotatable bonds is 4. The van der Waals surface area contributed by atoms with Crippen LogP contribution in [0.4, 0.5) is 0 Å². The summed E-state index contributed by atoms with van der Waals surface area (Å²) in [4.78, 5) is 26.7. The molecule has 1 aliphatic rings. The summed E-state index contributed by atoms with van der Waals surface area (Å²) in [5, 5.41) is 7.51. The van der Waals surface area contributed by atoms with E-state index in [1.54, 1.807) is 16.7 Å². The van der Waals surface area contributed by atoms with E-state index in [0.717, 1.165) is 29.9 Å². The lowest BCUT2D eigenvalue weighted by atomic mass is 9.95. The van der Waals surface area contributed by atoms with E-state index < -0.39 is 0 Å². The van der Waals surface area contributed by atoms with Crippen molar-refractivity contribution >= 4 is 17.5 Å². The predicted molar refractivity (Wildman–Crippen MR) is 108 cm³/mol. The zero-order valence-electron chi connectivity index (χ0n) is 15.3. The summed E-state index contributed by atoms with van der Waals surface area (Å²) >= 11 is 5.90. The van der Waals surface area contributed by atoms with E-state index in [-0.39, 0.29) is 17.5 Å². The molecule has 1 saturated heterocycles. The molecule has 1 aromatic heterocycles. The van der Waals surface area contributed by atoms with Crippen LogP contribution in [0, 0.1) is 0 Å². The third-order valence-corrected chi connectivity index (χ3v) is 5.45. The molecule has 4 rings (SSSR count). The smallest absolute Gasteiger partial charge is 0.342 e. The molecule has 0 spiro atoms. The highest BCUT2D eigenvalue weighted by Gasteiger charge is 2.28. The molecule has 1 amide bonds. The minimum atomic E-state index is -0.234. The maximum absolute atomic E-state index is 12.6. The Hall–Kier alpha value is -2.86. The van der Waals surface area contributed by atoms with E-state index in [9.17, 15) is 9.59 Å². The van der Waals surface area contributed by atoms with E-state index >= 15 is 0 Å². The highest BCUT2D eigenvalue weighted by Crippen LogP contribution is 2.27. The largest absolute Gasteiger partial charge is 0.347 e. The van der Waals surface area contributed by atoms with Crippen LogP contribution in [-0.4, -0.2) is 38.7 Å². The Bertz CT molecular complexity index is 1000. The third-order valence-electron chi connectivity index (χ3n) is 5.19. The van der Waals surface area contributed by atoms with Gasteiger partial charge in [-0.2, -0.15) is 5.10 Å². The van der Waals surface area contributed by atoms with Gasteiger partial charge in [-0.25, -0.2) is 14.5 Å². The van der Waals surface area contributed by atoms with Crippen molar-refractivity contribution in [2.24, 2.45) is 0 Å². The molecule has 1 fully saturated rings. The van der Waals surface area contributed by atoms with Crippen molar-refractivity contribution in [3.05, 3.63) is 81.5 Å². The second kappa shape index (κ2) is 8.02. The van der Waals surface area contributed by atoms with Crippen LogP contribution in [0.15, 0.2) is 59.4 Å². The number of nitrogens with zero attached hydrogens (tertiary/aromatic N) is 3. The molecule has 1 aliphatic heterocycles. The van der Waals surface area contributed by atoms with Gasteiger partial charge in [0.15, 0.2) is 0 Å². The topological polar surface area (TPSA) is 71.0 Å². The van der Waals surface area contributed by atoms with E-state index in [4.69, 9.17) is 11.6 Å². The average Bonchev–Trinajstić information content (AvgIpc) is 3.12. The zero-order valence-corrected chi connectivity index (χ0v) is 16.1. The molecule has 0 bridgehead atoms. The third kappa shape index (κ3) is 3.87. The summed E-state index contributed by atoms with van der Waals surface area (Å²) in [5.41, 5.74) is 1.53. The molecule has 6 nitrogen and oxygen atoms in total. The number of aromatic nitrogens is 3. The van der Waals surface area contributed by atoms with Crippen molar-refractivity contribution in [3.63, 3.8) is 0 Å². The summed E-state index contributed by atoms with van der Waals surface area (Å²) in [6.45, 7) is 1.32. The number of likely N-dealkylation sites (tertiary alicyclic amines) is 1. The number of carbonyl (C=O) groups excluding carboxylic acids is 1. The van der Waals surface area contributed by atoms with Gasteiger partial charge in [0.05, 0.1) is 12.1 Å². The van der Waals surface area contributed by atoms with Crippen molar-refractivity contribution in [1.29, 1.82) is 0 Å². The molecule has 0 atom stereocenters. The first-order valence-corrected chi connectivity index (χ1v) is 9.74. The number of halogens is 1.